The maximum atomic E-state index is 11.8. The molecule has 0 saturated carbocycles. The number of alkyl halides is 3. The summed E-state index contributed by atoms with van der Waals surface area (Å²) in [6.45, 7) is 0.961. The number of rotatable bonds is 6. The van der Waals surface area contributed by atoms with Crippen molar-refractivity contribution in [3.8, 4) is 5.75 Å². The molecule has 0 fully saturated rings. The Hall–Kier alpha value is -1.27. The lowest BCUT2D eigenvalue weighted by atomic mass is 10.1. The summed E-state index contributed by atoms with van der Waals surface area (Å²) >= 11 is 0. The van der Waals surface area contributed by atoms with Crippen molar-refractivity contribution in [3.63, 3.8) is 0 Å². The zero-order valence-electron chi connectivity index (χ0n) is 10.1. The Bertz CT molecular complexity index is 380. The van der Waals surface area contributed by atoms with Gasteiger partial charge in [-0.3, -0.25) is 0 Å². The molecule has 0 aliphatic heterocycles. The number of aryl methyl sites for hydroxylation is 1. The number of ether oxygens (including phenoxy) is 2. The van der Waals surface area contributed by atoms with Gasteiger partial charge in [0.2, 0.25) is 0 Å². The van der Waals surface area contributed by atoms with Gasteiger partial charge in [-0.25, -0.2) is 0 Å². The van der Waals surface area contributed by atoms with Gasteiger partial charge in [0.1, 0.15) is 19.0 Å². The molecule has 0 aromatic heterocycles. The molecule has 0 saturated heterocycles. The highest BCUT2D eigenvalue weighted by atomic mass is 19.4. The van der Waals surface area contributed by atoms with Crippen molar-refractivity contribution < 1.29 is 22.6 Å². The Labute approximate surface area is 104 Å². The third-order valence-corrected chi connectivity index (χ3v) is 2.24. The highest BCUT2D eigenvalue weighted by Crippen LogP contribution is 2.19. The molecular weight excluding hydrogens is 247 g/mol. The minimum absolute atomic E-state index is 0.0743. The Morgan fingerprint density at radius 2 is 1.94 bits per heavy atom. The summed E-state index contributed by atoms with van der Waals surface area (Å²) in [5, 5.41) is 0. The van der Waals surface area contributed by atoms with E-state index in [1.165, 1.54) is 0 Å². The summed E-state index contributed by atoms with van der Waals surface area (Å²) in [7, 11) is 0. The monoisotopic (exact) mass is 263 g/mol. The van der Waals surface area contributed by atoms with Crippen LogP contribution in [-0.4, -0.2) is 26.0 Å². The highest BCUT2D eigenvalue weighted by molar-refractivity contribution is 5.36. The Kier molecular flexibility index (Phi) is 5.43. The van der Waals surface area contributed by atoms with Crippen molar-refractivity contribution in [1.29, 1.82) is 0 Å². The molecule has 2 N–H and O–H groups in total. The van der Waals surface area contributed by atoms with E-state index in [2.05, 4.69) is 4.74 Å². The van der Waals surface area contributed by atoms with E-state index in [-0.39, 0.29) is 13.2 Å². The summed E-state index contributed by atoms with van der Waals surface area (Å²) in [4.78, 5) is 0. The van der Waals surface area contributed by atoms with Crippen molar-refractivity contribution in [1.82, 2.24) is 0 Å². The number of hydrogen-bond donors (Lipinski definition) is 1. The van der Waals surface area contributed by atoms with Crippen LogP contribution in [0.1, 0.15) is 11.1 Å². The summed E-state index contributed by atoms with van der Waals surface area (Å²) < 4.78 is 45.2. The van der Waals surface area contributed by atoms with E-state index in [1.807, 2.05) is 19.1 Å². The molecule has 1 rings (SSSR count). The van der Waals surface area contributed by atoms with Crippen molar-refractivity contribution >= 4 is 0 Å². The van der Waals surface area contributed by atoms with Crippen LogP contribution in [0.2, 0.25) is 0 Å². The first-order valence-electron chi connectivity index (χ1n) is 5.49. The van der Waals surface area contributed by atoms with Gasteiger partial charge in [0.25, 0.3) is 0 Å². The minimum atomic E-state index is -4.30. The summed E-state index contributed by atoms with van der Waals surface area (Å²) in [6, 6.07) is 5.51. The van der Waals surface area contributed by atoms with Gasteiger partial charge < -0.3 is 15.2 Å². The average molecular weight is 263 g/mol. The van der Waals surface area contributed by atoms with E-state index >= 15 is 0 Å². The molecule has 3 nitrogen and oxygen atoms in total. The van der Waals surface area contributed by atoms with E-state index in [4.69, 9.17) is 10.5 Å². The van der Waals surface area contributed by atoms with Crippen molar-refractivity contribution in [2.24, 2.45) is 5.73 Å². The lowest BCUT2D eigenvalue weighted by Gasteiger charge is -2.11. The standard InChI is InChI=1S/C12H16F3NO2/c1-9-2-3-10(7-16)6-11(9)18-5-4-17-8-12(13,14)15/h2-3,6H,4-5,7-8,16H2,1H3. The van der Waals surface area contributed by atoms with Gasteiger partial charge in [-0.05, 0) is 24.1 Å². The molecule has 0 unspecified atom stereocenters. The quantitative estimate of drug-likeness (QED) is 0.802. The SMILES string of the molecule is Cc1ccc(CN)cc1OCCOCC(F)(F)F. The van der Waals surface area contributed by atoms with Crippen molar-refractivity contribution in [2.75, 3.05) is 19.8 Å². The van der Waals surface area contributed by atoms with Crippen LogP contribution in [0.3, 0.4) is 0 Å². The first-order chi connectivity index (χ1) is 8.42. The fourth-order valence-corrected chi connectivity index (χ4v) is 1.33. The van der Waals surface area contributed by atoms with Crippen LogP contribution in [0.25, 0.3) is 0 Å². The smallest absolute Gasteiger partial charge is 0.411 e. The summed E-state index contributed by atoms with van der Waals surface area (Å²) in [5.41, 5.74) is 7.30. The van der Waals surface area contributed by atoms with Gasteiger partial charge in [0.05, 0.1) is 6.61 Å². The van der Waals surface area contributed by atoms with E-state index in [0.29, 0.717) is 12.3 Å². The molecular formula is C12H16F3NO2. The van der Waals surface area contributed by atoms with Crippen LogP contribution in [0.4, 0.5) is 13.2 Å². The first kappa shape index (κ1) is 14.8. The van der Waals surface area contributed by atoms with Crippen LogP contribution in [0.15, 0.2) is 18.2 Å². The lowest BCUT2D eigenvalue weighted by molar-refractivity contribution is -0.175. The molecule has 0 bridgehead atoms. The number of nitrogens with two attached hydrogens (primary N) is 1. The molecule has 0 spiro atoms. The van der Waals surface area contributed by atoms with Crippen LogP contribution < -0.4 is 10.5 Å². The molecule has 0 aliphatic rings. The van der Waals surface area contributed by atoms with Gasteiger partial charge in [-0.2, -0.15) is 13.2 Å². The second-order valence-electron chi connectivity index (χ2n) is 3.82. The zero-order chi connectivity index (χ0) is 13.6. The van der Waals surface area contributed by atoms with Crippen LogP contribution in [0, 0.1) is 6.92 Å². The maximum Gasteiger partial charge on any atom is 0.411 e. The largest absolute Gasteiger partial charge is 0.491 e. The van der Waals surface area contributed by atoms with Gasteiger partial charge in [0, 0.05) is 6.54 Å². The van der Waals surface area contributed by atoms with Crippen LogP contribution >= 0.6 is 0 Å². The Morgan fingerprint density at radius 3 is 2.56 bits per heavy atom. The molecule has 0 atom stereocenters. The van der Waals surface area contributed by atoms with Gasteiger partial charge in [-0.1, -0.05) is 12.1 Å². The first-order valence-corrected chi connectivity index (χ1v) is 5.49. The number of hydrogen-bond acceptors (Lipinski definition) is 3. The van der Waals surface area contributed by atoms with E-state index in [0.717, 1.165) is 11.1 Å². The van der Waals surface area contributed by atoms with Crippen molar-refractivity contribution in [3.05, 3.63) is 29.3 Å². The third kappa shape index (κ3) is 5.37. The molecule has 0 aliphatic carbocycles. The number of benzene rings is 1. The zero-order valence-corrected chi connectivity index (χ0v) is 10.1. The fraction of sp³-hybridized carbons (Fsp3) is 0.500. The van der Waals surface area contributed by atoms with Crippen LogP contribution in [-0.2, 0) is 11.3 Å². The maximum absolute atomic E-state index is 11.8. The van der Waals surface area contributed by atoms with Gasteiger partial charge in [0.15, 0.2) is 0 Å². The fourth-order valence-electron chi connectivity index (χ4n) is 1.33. The number of halogens is 3. The highest BCUT2D eigenvalue weighted by Gasteiger charge is 2.27. The van der Waals surface area contributed by atoms with Crippen LogP contribution in [0.5, 0.6) is 5.75 Å². The lowest BCUT2D eigenvalue weighted by Crippen LogP contribution is -2.19. The topological polar surface area (TPSA) is 44.5 Å². The van der Waals surface area contributed by atoms with Gasteiger partial charge >= 0.3 is 6.18 Å². The molecule has 18 heavy (non-hydrogen) atoms. The molecule has 1 aromatic rings. The second kappa shape index (κ2) is 6.61. The predicted octanol–water partition coefficient (Wildman–Crippen LogP) is 2.41. The molecule has 0 amide bonds. The van der Waals surface area contributed by atoms with Crippen molar-refractivity contribution in [2.45, 2.75) is 19.6 Å². The van der Waals surface area contributed by atoms with Gasteiger partial charge in [-0.15, -0.1) is 0 Å². The summed E-state index contributed by atoms with van der Waals surface area (Å²) in [5.74, 6) is 0.619. The predicted molar refractivity (Wildman–Crippen MR) is 61.4 cm³/mol. The molecule has 6 heteroatoms. The summed E-state index contributed by atoms with van der Waals surface area (Å²) in [6.07, 6.45) is -4.30. The average Bonchev–Trinajstić information content (AvgIpc) is 2.29. The normalized spacial score (nSPS) is 11.6. The molecule has 0 heterocycles. The third-order valence-electron chi connectivity index (χ3n) is 2.24. The molecule has 1 aromatic carbocycles. The van der Waals surface area contributed by atoms with E-state index < -0.39 is 12.8 Å². The second-order valence-corrected chi connectivity index (χ2v) is 3.82. The Morgan fingerprint density at radius 1 is 1.22 bits per heavy atom. The molecule has 0 radical (unpaired) electrons. The van der Waals surface area contributed by atoms with E-state index in [9.17, 15) is 13.2 Å². The minimum Gasteiger partial charge on any atom is -0.491 e. The van der Waals surface area contributed by atoms with E-state index in [1.54, 1.807) is 6.07 Å². The Balaban J connectivity index is 2.35. The molecule has 102 valence electrons.